The molecule has 1 saturated heterocycles. The van der Waals surface area contributed by atoms with Crippen LogP contribution in [-0.4, -0.2) is 50.0 Å². The van der Waals surface area contributed by atoms with E-state index in [0.29, 0.717) is 18.7 Å². The Morgan fingerprint density at radius 1 is 1.60 bits per heavy atom. The summed E-state index contributed by atoms with van der Waals surface area (Å²) in [7, 11) is 0. The topological polar surface area (TPSA) is 92.1 Å². The van der Waals surface area contributed by atoms with E-state index in [9.17, 15) is 14.9 Å². The van der Waals surface area contributed by atoms with Crippen molar-refractivity contribution in [2.45, 2.75) is 32.7 Å². The summed E-state index contributed by atoms with van der Waals surface area (Å²) in [6, 6.07) is 0.0823. The number of aromatic amines is 1. The number of amides is 1. The molecule has 2 rings (SSSR count). The number of rotatable bonds is 3. The largest absolute Gasteiger partial charge is 0.333 e. The first-order chi connectivity index (χ1) is 9.56. The summed E-state index contributed by atoms with van der Waals surface area (Å²) in [6.07, 6.45) is 1.34. The third-order valence-corrected chi connectivity index (χ3v) is 4.50. The molecule has 110 valence electrons. The van der Waals surface area contributed by atoms with Crippen LogP contribution < -0.4 is 0 Å². The standard InChI is InChI=1S/C12H18N4O3S/c1-3-9-11(16(18)19)10(14-13-9)12(17)15-5-7-20-6-4-8(15)2/h8H,3-7H2,1-2H3,(H,13,14). The molecule has 1 N–H and O–H groups in total. The number of nitrogens with one attached hydrogen (secondary N) is 1. The van der Waals surface area contributed by atoms with E-state index in [1.165, 1.54) is 0 Å². The first-order valence-electron chi connectivity index (χ1n) is 6.66. The monoisotopic (exact) mass is 298 g/mol. The predicted molar refractivity (Wildman–Crippen MR) is 77.1 cm³/mol. The van der Waals surface area contributed by atoms with Crippen LogP contribution in [0, 0.1) is 10.1 Å². The van der Waals surface area contributed by atoms with Crippen molar-refractivity contribution >= 4 is 23.4 Å². The molecule has 2 heterocycles. The molecular weight excluding hydrogens is 280 g/mol. The van der Waals surface area contributed by atoms with Crippen molar-refractivity contribution in [2.24, 2.45) is 0 Å². The summed E-state index contributed by atoms with van der Waals surface area (Å²) >= 11 is 1.80. The maximum absolute atomic E-state index is 12.5. The van der Waals surface area contributed by atoms with E-state index in [-0.39, 0.29) is 23.3 Å². The van der Waals surface area contributed by atoms with Gasteiger partial charge in [-0.2, -0.15) is 16.9 Å². The van der Waals surface area contributed by atoms with Gasteiger partial charge in [-0.25, -0.2) is 0 Å². The van der Waals surface area contributed by atoms with Crippen LogP contribution in [0.25, 0.3) is 0 Å². The summed E-state index contributed by atoms with van der Waals surface area (Å²) in [5, 5.41) is 17.7. The van der Waals surface area contributed by atoms with E-state index >= 15 is 0 Å². The van der Waals surface area contributed by atoms with Gasteiger partial charge in [-0.15, -0.1) is 0 Å². The van der Waals surface area contributed by atoms with Gasteiger partial charge in [-0.3, -0.25) is 20.0 Å². The molecule has 1 aliphatic heterocycles. The molecule has 8 heteroatoms. The van der Waals surface area contributed by atoms with Crippen molar-refractivity contribution in [3.05, 3.63) is 21.5 Å². The molecule has 1 aromatic rings. The lowest BCUT2D eigenvalue weighted by atomic mass is 10.2. The van der Waals surface area contributed by atoms with Crippen LogP contribution in [0.5, 0.6) is 0 Å². The molecule has 0 spiro atoms. The third-order valence-electron chi connectivity index (χ3n) is 3.50. The van der Waals surface area contributed by atoms with E-state index < -0.39 is 4.92 Å². The zero-order valence-electron chi connectivity index (χ0n) is 11.6. The van der Waals surface area contributed by atoms with Crippen LogP contribution in [0.3, 0.4) is 0 Å². The molecule has 1 aromatic heterocycles. The number of nitro groups is 1. The molecule has 7 nitrogen and oxygen atoms in total. The molecule has 0 bridgehead atoms. The maximum atomic E-state index is 12.5. The van der Waals surface area contributed by atoms with E-state index in [0.717, 1.165) is 17.9 Å². The normalized spacial score (nSPS) is 19.7. The van der Waals surface area contributed by atoms with Crippen molar-refractivity contribution in [3.63, 3.8) is 0 Å². The van der Waals surface area contributed by atoms with Crippen LogP contribution in [0.1, 0.15) is 36.5 Å². The molecule has 1 atom stereocenters. The fourth-order valence-electron chi connectivity index (χ4n) is 2.30. The fraction of sp³-hybridized carbons (Fsp3) is 0.667. The lowest BCUT2D eigenvalue weighted by Gasteiger charge is -2.25. The van der Waals surface area contributed by atoms with E-state index in [2.05, 4.69) is 10.2 Å². The summed E-state index contributed by atoms with van der Waals surface area (Å²) in [5.74, 6) is 1.52. The van der Waals surface area contributed by atoms with Gasteiger partial charge in [0, 0.05) is 18.3 Å². The second-order valence-corrected chi connectivity index (χ2v) is 5.98. The van der Waals surface area contributed by atoms with E-state index in [4.69, 9.17) is 0 Å². The van der Waals surface area contributed by atoms with Gasteiger partial charge in [0.2, 0.25) is 5.69 Å². The van der Waals surface area contributed by atoms with Gasteiger partial charge < -0.3 is 4.90 Å². The summed E-state index contributed by atoms with van der Waals surface area (Å²) < 4.78 is 0. The Morgan fingerprint density at radius 3 is 3.00 bits per heavy atom. The molecule has 0 aromatic carbocycles. The average molecular weight is 298 g/mol. The lowest BCUT2D eigenvalue weighted by Crippen LogP contribution is -2.39. The number of H-pyrrole nitrogens is 1. The Hall–Kier alpha value is -1.57. The number of carbonyl (C=O) groups excluding carboxylic acids is 1. The zero-order valence-corrected chi connectivity index (χ0v) is 12.4. The van der Waals surface area contributed by atoms with E-state index in [1.807, 2.05) is 6.92 Å². The molecule has 0 radical (unpaired) electrons. The third kappa shape index (κ3) is 2.79. The molecule has 1 amide bonds. The van der Waals surface area contributed by atoms with Crippen molar-refractivity contribution in [1.29, 1.82) is 0 Å². The molecule has 1 fully saturated rings. The minimum absolute atomic E-state index is 0.0643. The summed E-state index contributed by atoms with van der Waals surface area (Å²) in [5.41, 5.74) is 0.155. The van der Waals surface area contributed by atoms with Gasteiger partial charge in [0.15, 0.2) is 0 Å². The minimum atomic E-state index is -0.521. The number of thioether (sulfide) groups is 1. The van der Waals surface area contributed by atoms with Gasteiger partial charge in [0.1, 0.15) is 5.69 Å². The minimum Gasteiger partial charge on any atom is -0.333 e. The van der Waals surface area contributed by atoms with Crippen LogP contribution in [-0.2, 0) is 6.42 Å². The lowest BCUT2D eigenvalue weighted by molar-refractivity contribution is -0.385. The SMILES string of the molecule is CCc1[nH]nc(C(=O)N2CCSCCC2C)c1[N+](=O)[O-]. The summed E-state index contributed by atoms with van der Waals surface area (Å²) in [6.45, 7) is 4.37. The highest BCUT2D eigenvalue weighted by molar-refractivity contribution is 7.99. The second-order valence-electron chi connectivity index (χ2n) is 4.76. The van der Waals surface area contributed by atoms with Crippen LogP contribution >= 0.6 is 11.8 Å². The number of hydrogen-bond donors (Lipinski definition) is 1. The molecule has 0 saturated carbocycles. The smallest absolute Gasteiger partial charge is 0.322 e. The molecule has 1 aliphatic rings. The Labute approximate surface area is 121 Å². The number of aromatic nitrogens is 2. The zero-order chi connectivity index (χ0) is 14.7. The van der Waals surface area contributed by atoms with Gasteiger partial charge in [0.25, 0.3) is 5.91 Å². The fourth-order valence-corrected chi connectivity index (χ4v) is 3.33. The van der Waals surface area contributed by atoms with Crippen molar-refractivity contribution in [3.8, 4) is 0 Å². The van der Waals surface area contributed by atoms with Gasteiger partial charge >= 0.3 is 5.69 Å². The number of nitrogens with zero attached hydrogens (tertiary/aromatic N) is 3. The van der Waals surface area contributed by atoms with Gasteiger partial charge in [-0.05, 0) is 25.5 Å². The van der Waals surface area contributed by atoms with Crippen molar-refractivity contribution in [2.75, 3.05) is 18.1 Å². The highest BCUT2D eigenvalue weighted by Gasteiger charge is 2.33. The van der Waals surface area contributed by atoms with Crippen LogP contribution in [0.15, 0.2) is 0 Å². The van der Waals surface area contributed by atoms with Gasteiger partial charge in [-0.1, -0.05) is 6.92 Å². The highest BCUT2D eigenvalue weighted by atomic mass is 32.2. The quantitative estimate of drug-likeness (QED) is 0.679. The molecule has 20 heavy (non-hydrogen) atoms. The second kappa shape index (κ2) is 6.25. The average Bonchev–Trinajstić information content (AvgIpc) is 2.74. The van der Waals surface area contributed by atoms with Gasteiger partial charge in [0.05, 0.1) is 4.92 Å². The number of hydrogen-bond acceptors (Lipinski definition) is 5. The number of aryl methyl sites for hydroxylation is 1. The first-order valence-corrected chi connectivity index (χ1v) is 7.82. The van der Waals surface area contributed by atoms with Crippen molar-refractivity contribution < 1.29 is 9.72 Å². The van der Waals surface area contributed by atoms with E-state index in [1.54, 1.807) is 23.6 Å². The highest BCUT2D eigenvalue weighted by Crippen LogP contribution is 2.25. The number of carbonyl (C=O) groups is 1. The Bertz CT molecular complexity index is 517. The summed E-state index contributed by atoms with van der Waals surface area (Å²) in [4.78, 5) is 24.9. The Balaban J connectivity index is 2.32. The Kier molecular flexibility index (Phi) is 4.64. The maximum Gasteiger partial charge on any atom is 0.322 e. The molecular formula is C12H18N4O3S. The molecule has 0 aliphatic carbocycles. The Morgan fingerprint density at radius 2 is 2.35 bits per heavy atom. The molecule has 1 unspecified atom stereocenters. The van der Waals surface area contributed by atoms with Crippen molar-refractivity contribution in [1.82, 2.24) is 15.1 Å². The first kappa shape index (κ1) is 14.8. The van der Waals surface area contributed by atoms with Crippen LogP contribution in [0.2, 0.25) is 0 Å². The predicted octanol–water partition coefficient (Wildman–Crippen LogP) is 1.85. The van der Waals surface area contributed by atoms with Crippen LogP contribution in [0.4, 0.5) is 5.69 Å².